The Kier molecular flexibility index (Phi) is 7.87. The van der Waals surface area contributed by atoms with Crippen molar-refractivity contribution in [3.05, 3.63) is 94.5 Å². The lowest BCUT2D eigenvalue weighted by Gasteiger charge is -2.23. The van der Waals surface area contributed by atoms with Crippen molar-refractivity contribution in [3.8, 4) is 11.5 Å². The highest BCUT2D eigenvalue weighted by Crippen LogP contribution is 2.32. The number of hydrogen-bond donors (Lipinski definition) is 2. The first-order chi connectivity index (χ1) is 16.0. The molecule has 0 radical (unpaired) electrons. The highest BCUT2D eigenvalue weighted by atomic mass is 16.6. The fourth-order valence-corrected chi connectivity index (χ4v) is 3.11. The molecule has 3 rings (SSSR count). The maximum atomic E-state index is 12.8. The summed E-state index contributed by atoms with van der Waals surface area (Å²) in [6, 6.07) is 18.6. The number of carbonyl (C=O) groups is 2. The number of rotatable bonds is 7. The van der Waals surface area contributed by atoms with Crippen molar-refractivity contribution in [1.82, 2.24) is 5.32 Å². The average Bonchev–Trinajstić information content (AvgIpc) is 2.79. The molecule has 0 aliphatic heterocycles. The van der Waals surface area contributed by atoms with Gasteiger partial charge in [0.2, 0.25) is 0 Å². The van der Waals surface area contributed by atoms with Crippen LogP contribution in [0, 0.1) is 13.8 Å². The maximum Gasteiger partial charge on any atom is 0.343 e. The Morgan fingerprint density at radius 3 is 1.74 bits per heavy atom. The van der Waals surface area contributed by atoms with Crippen LogP contribution in [0.3, 0.4) is 0 Å². The highest BCUT2D eigenvalue weighted by molar-refractivity contribution is 5.93. The van der Waals surface area contributed by atoms with Gasteiger partial charge in [-0.25, -0.2) is 9.59 Å². The largest absolute Gasteiger partial charge is 0.419 e. The Bertz CT molecular complexity index is 1140. The zero-order chi connectivity index (χ0) is 24.9. The summed E-state index contributed by atoms with van der Waals surface area (Å²) < 4.78 is 11.2. The number of nitrogens with one attached hydrogen (secondary N) is 1. The number of aliphatic hydroxyl groups is 1. The van der Waals surface area contributed by atoms with Crippen LogP contribution in [0.4, 0.5) is 0 Å². The molecule has 3 aromatic rings. The lowest BCUT2D eigenvalue weighted by Crippen LogP contribution is -2.38. The Morgan fingerprint density at radius 2 is 1.26 bits per heavy atom. The van der Waals surface area contributed by atoms with Crippen molar-refractivity contribution in [2.45, 2.75) is 46.3 Å². The van der Waals surface area contributed by atoms with Crippen LogP contribution in [-0.2, 0) is 0 Å². The van der Waals surface area contributed by atoms with Gasteiger partial charge in [-0.05, 0) is 76.6 Å². The number of aryl methyl sites for hydroxylation is 2. The normalized spacial score (nSPS) is 12.2. The summed E-state index contributed by atoms with van der Waals surface area (Å²) in [5.74, 6) is -1.02. The fraction of sp³-hybridized carbons (Fsp3) is 0.286. The molecule has 34 heavy (non-hydrogen) atoms. The first kappa shape index (κ1) is 25.1. The summed E-state index contributed by atoms with van der Waals surface area (Å²) in [6.07, 6.45) is -0.849. The minimum Gasteiger partial charge on any atom is -0.419 e. The van der Waals surface area contributed by atoms with E-state index in [0.717, 1.165) is 11.1 Å². The van der Waals surface area contributed by atoms with E-state index in [-0.39, 0.29) is 17.0 Å². The summed E-state index contributed by atoms with van der Waals surface area (Å²) in [5.41, 5.74) is 3.12. The molecule has 0 saturated heterocycles. The predicted octanol–water partition coefficient (Wildman–Crippen LogP) is 5.16. The van der Waals surface area contributed by atoms with E-state index in [1.165, 1.54) is 12.1 Å². The van der Waals surface area contributed by atoms with Gasteiger partial charge in [-0.2, -0.15) is 0 Å². The van der Waals surface area contributed by atoms with E-state index in [9.17, 15) is 14.7 Å². The number of carbonyl (C=O) groups excluding carboxylic acids is 2. The monoisotopic (exact) mass is 461 g/mol. The van der Waals surface area contributed by atoms with Crippen molar-refractivity contribution in [2.24, 2.45) is 0 Å². The van der Waals surface area contributed by atoms with Crippen LogP contribution < -0.4 is 14.8 Å². The molecule has 0 aliphatic carbocycles. The van der Waals surface area contributed by atoms with Crippen LogP contribution in [0.1, 0.15) is 64.3 Å². The molecule has 1 unspecified atom stereocenters. The summed E-state index contributed by atoms with van der Waals surface area (Å²) in [6.45, 7) is 10.2. The predicted molar refractivity (Wildman–Crippen MR) is 131 cm³/mol. The van der Waals surface area contributed by atoms with Gasteiger partial charge in [0.25, 0.3) is 0 Å². The molecular weight excluding hydrogens is 430 g/mol. The third-order valence-electron chi connectivity index (χ3n) is 5.16. The van der Waals surface area contributed by atoms with E-state index in [2.05, 4.69) is 5.32 Å². The molecule has 3 aromatic carbocycles. The Labute approximate surface area is 200 Å². The van der Waals surface area contributed by atoms with Crippen molar-refractivity contribution in [2.75, 3.05) is 6.54 Å². The number of benzene rings is 3. The molecule has 0 aromatic heterocycles. The second-order valence-electron chi connectivity index (χ2n) is 9.36. The first-order valence-corrected chi connectivity index (χ1v) is 11.2. The summed E-state index contributed by atoms with van der Waals surface area (Å²) in [5, 5.41) is 13.9. The van der Waals surface area contributed by atoms with Crippen LogP contribution >= 0.6 is 0 Å². The van der Waals surface area contributed by atoms with E-state index in [1.54, 1.807) is 30.3 Å². The molecule has 2 N–H and O–H groups in total. The molecule has 0 spiro atoms. The SMILES string of the molecule is Cc1ccc(C(=O)Oc2ccc(C(O)CNC(C)(C)C)cc2OC(=O)c2ccc(C)cc2)cc1. The van der Waals surface area contributed by atoms with Gasteiger partial charge in [0, 0.05) is 12.1 Å². The lowest BCUT2D eigenvalue weighted by atomic mass is 10.1. The molecule has 0 heterocycles. The van der Waals surface area contributed by atoms with Crippen LogP contribution in [0.5, 0.6) is 11.5 Å². The van der Waals surface area contributed by atoms with Gasteiger partial charge >= 0.3 is 11.9 Å². The average molecular weight is 462 g/mol. The Balaban J connectivity index is 1.88. The van der Waals surface area contributed by atoms with Gasteiger partial charge in [-0.3, -0.25) is 0 Å². The van der Waals surface area contributed by atoms with E-state index < -0.39 is 18.0 Å². The first-order valence-electron chi connectivity index (χ1n) is 11.2. The van der Waals surface area contributed by atoms with Gasteiger partial charge in [-0.1, -0.05) is 41.5 Å². The number of ether oxygens (including phenoxy) is 2. The van der Waals surface area contributed by atoms with Gasteiger partial charge < -0.3 is 19.9 Å². The Morgan fingerprint density at radius 1 is 0.794 bits per heavy atom. The maximum absolute atomic E-state index is 12.8. The van der Waals surface area contributed by atoms with E-state index >= 15 is 0 Å². The van der Waals surface area contributed by atoms with Gasteiger partial charge in [0.15, 0.2) is 11.5 Å². The van der Waals surface area contributed by atoms with Crippen molar-refractivity contribution < 1.29 is 24.2 Å². The third kappa shape index (κ3) is 7.01. The molecule has 0 saturated carbocycles. The molecular formula is C28H31NO5. The molecule has 1 atom stereocenters. The van der Waals surface area contributed by atoms with Crippen molar-refractivity contribution in [3.63, 3.8) is 0 Å². The van der Waals surface area contributed by atoms with Crippen LogP contribution in [0.2, 0.25) is 0 Å². The third-order valence-corrected chi connectivity index (χ3v) is 5.16. The zero-order valence-electron chi connectivity index (χ0n) is 20.2. The topological polar surface area (TPSA) is 84.9 Å². The molecule has 0 aliphatic rings. The summed E-state index contributed by atoms with van der Waals surface area (Å²) in [4.78, 5) is 25.5. The van der Waals surface area contributed by atoms with Crippen molar-refractivity contribution >= 4 is 11.9 Å². The molecule has 6 nitrogen and oxygen atoms in total. The fourth-order valence-electron chi connectivity index (χ4n) is 3.11. The quantitative estimate of drug-likeness (QED) is 0.373. The van der Waals surface area contributed by atoms with Crippen LogP contribution in [0.15, 0.2) is 66.7 Å². The smallest absolute Gasteiger partial charge is 0.343 e. The standard InChI is InChI=1S/C28H31NO5/c1-18-6-10-20(11-7-18)26(31)33-24-15-14-22(23(30)17-29-28(3,4)5)16-25(24)34-27(32)21-12-8-19(2)9-13-21/h6-16,23,29-30H,17H2,1-5H3. The lowest BCUT2D eigenvalue weighted by molar-refractivity contribution is 0.0681. The van der Waals surface area contributed by atoms with E-state index in [4.69, 9.17) is 9.47 Å². The van der Waals surface area contributed by atoms with Crippen LogP contribution in [0.25, 0.3) is 0 Å². The highest BCUT2D eigenvalue weighted by Gasteiger charge is 2.20. The number of hydrogen-bond acceptors (Lipinski definition) is 6. The zero-order valence-corrected chi connectivity index (χ0v) is 20.2. The molecule has 6 heteroatoms. The number of esters is 2. The minimum atomic E-state index is -0.849. The van der Waals surface area contributed by atoms with Gasteiger partial charge in [0.1, 0.15) is 0 Å². The molecule has 0 amide bonds. The van der Waals surface area contributed by atoms with E-state index in [0.29, 0.717) is 23.2 Å². The molecule has 0 bridgehead atoms. The second kappa shape index (κ2) is 10.6. The number of β-amino-alcohol motifs (C(OH)–C–C–N with tert-alkyl or cyclic N) is 1. The molecule has 0 fully saturated rings. The summed E-state index contributed by atoms with van der Waals surface area (Å²) in [7, 11) is 0. The number of aliphatic hydroxyl groups excluding tert-OH is 1. The van der Waals surface area contributed by atoms with Gasteiger partial charge in [0.05, 0.1) is 17.2 Å². The Hall–Kier alpha value is -3.48. The summed E-state index contributed by atoms with van der Waals surface area (Å²) >= 11 is 0. The van der Waals surface area contributed by atoms with Crippen LogP contribution in [-0.4, -0.2) is 29.1 Å². The van der Waals surface area contributed by atoms with Crippen molar-refractivity contribution in [1.29, 1.82) is 0 Å². The van der Waals surface area contributed by atoms with Gasteiger partial charge in [-0.15, -0.1) is 0 Å². The second-order valence-corrected chi connectivity index (χ2v) is 9.36. The molecule has 178 valence electrons. The minimum absolute atomic E-state index is 0.0540. The van der Waals surface area contributed by atoms with E-state index in [1.807, 2.05) is 58.9 Å².